The third-order valence-corrected chi connectivity index (χ3v) is 1.95. The van der Waals surface area contributed by atoms with Crippen LogP contribution in [0.1, 0.15) is 12.0 Å². The number of ether oxygens (including phenoxy) is 1. The predicted molar refractivity (Wildman–Crippen MR) is 58.2 cm³/mol. The summed E-state index contributed by atoms with van der Waals surface area (Å²) in [4.78, 5) is 0. The molecule has 1 rings (SSSR count). The van der Waals surface area contributed by atoms with Crippen molar-refractivity contribution < 1.29 is 13.5 Å². The zero-order valence-electron chi connectivity index (χ0n) is 8.75. The van der Waals surface area contributed by atoms with Gasteiger partial charge >= 0.3 is 6.61 Å². The second-order valence-corrected chi connectivity index (χ2v) is 3.12. The molecule has 0 saturated heterocycles. The molecule has 1 N–H and O–H groups in total. The molecule has 0 unspecified atom stereocenters. The SMILES string of the molecule is C#CCCNCc1ccccc1OC(F)F. The minimum atomic E-state index is -2.80. The summed E-state index contributed by atoms with van der Waals surface area (Å²) in [5.74, 6) is 2.69. The van der Waals surface area contributed by atoms with Crippen LogP contribution in [0.15, 0.2) is 24.3 Å². The second kappa shape index (κ2) is 6.81. The molecule has 0 aromatic heterocycles. The van der Waals surface area contributed by atoms with Crippen molar-refractivity contribution in [3.8, 4) is 18.1 Å². The fourth-order valence-electron chi connectivity index (χ4n) is 1.24. The molecule has 0 bridgehead atoms. The maximum Gasteiger partial charge on any atom is 0.387 e. The first kappa shape index (κ1) is 12.5. The van der Waals surface area contributed by atoms with Crippen LogP contribution >= 0.6 is 0 Å². The van der Waals surface area contributed by atoms with E-state index >= 15 is 0 Å². The molecule has 0 amide bonds. The number of nitrogens with one attached hydrogen (secondary N) is 1. The molecule has 0 aliphatic rings. The van der Waals surface area contributed by atoms with Crippen molar-refractivity contribution in [2.45, 2.75) is 19.6 Å². The van der Waals surface area contributed by atoms with E-state index in [0.717, 1.165) is 0 Å². The Hall–Kier alpha value is -1.60. The van der Waals surface area contributed by atoms with Gasteiger partial charge in [-0.05, 0) is 6.07 Å². The molecule has 0 spiro atoms. The average molecular weight is 225 g/mol. The minimum Gasteiger partial charge on any atom is -0.434 e. The van der Waals surface area contributed by atoms with Crippen molar-refractivity contribution in [1.29, 1.82) is 0 Å². The second-order valence-electron chi connectivity index (χ2n) is 3.12. The molecule has 0 fully saturated rings. The Labute approximate surface area is 93.6 Å². The molecule has 0 atom stereocenters. The molecule has 0 radical (unpaired) electrons. The van der Waals surface area contributed by atoms with Crippen LogP contribution in [0.25, 0.3) is 0 Å². The van der Waals surface area contributed by atoms with Crippen molar-refractivity contribution in [2.75, 3.05) is 6.54 Å². The maximum atomic E-state index is 12.1. The van der Waals surface area contributed by atoms with Gasteiger partial charge in [0.05, 0.1) is 0 Å². The van der Waals surface area contributed by atoms with E-state index in [1.807, 2.05) is 0 Å². The van der Waals surface area contributed by atoms with Crippen LogP contribution in [0.3, 0.4) is 0 Å². The van der Waals surface area contributed by atoms with E-state index in [-0.39, 0.29) is 5.75 Å². The zero-order valence-corrected chi connectivity index (χ0v) is 8.75. The van der Waals surface area contributed by atoms with Gasteiger partial charge in [-0.2, -0.15) is 8.78 Å². The first-order valence-corrected chi connectivity index (χ1v) is 4.91. The predicted octanol–water partition coefficient (Wildman–Crippen LogP) is 2.40. The van der Waals surface area contributed by atoms with E-state index in [2.05, 4.69) is 16.0 Å². The Morgan fingerprint density at radius 1 is 1.38 bits per heavy atom. The van der Waals surface area contributed by atoms with Gasteiger partial charge in [-0.25, -0.2) is 0 Å². The number of hydrogen-bond acceptors (Lipinski definition) is 2. The van der Waals surface area contributed by atoms with Crippen LogP contribution in [-0.4, -0.2) is 13.2 Å². The highest BCUT2D eigenvalue weighted by Crippen LogP contribution is 2.19. The molecule has 1 aromatic carbocycles. The summed E-state index contributed by atoms with van der Waals surface area (Å²) in [6.07, 6.45) is 5.70. The fraction of sp³-hybridized carbons (Fsp3) is 0.333. The third kappa shape index (κ3) is 4.28. The van der Waals surface area contributed by atoms with Gasteiger partial charge in [0.1, 0.15) is 5.75 Å². The van der Waals surface area contributed by atoms with Gasteiger partial charge in [-0.1, -0.05) is 18.2 Å². The van der Waals surface area contributed by atoms with Crippen LogP contribution in [0.2, 0.25) is 0 Å². The lowest BCUT2D eigenvalue weighted by Gasteiger charge is -2.10. The van der Waals surface area contributed by atoms with Crippen molar-refractivity contribution in [2.24, 2.45) is 0 Å². The highest BCUT2D eigenvalue weighted by Gasteiger charge is 2.08. The maximum absolute atomic E-state index is 12.1. The molecular weight excluding hydrogens is 212 g/mol. The van der Waals surface area contributed by atoms with Crippen LogP contribution in [0.4, 0.5) is 8.78 Å². The number of para-hydroxylation sites is 1. The Morgan fingerprint density at radius 2 is 2.12 bits per heavy atom. The van der Waals surface area contributed by atoms with E-state index in [1.165, 1.54) is 6.07 Å². The van der Waals surface area contributed by atoms with E-state index in [9.17, 15) is 8.78 Å². The summed E-state index contributed by atoms with van der Waals surface area (Å²) in [5, 5.41) is 3.05. The molecule has 16 heavy (non-hydrogen) atoms. The monoisotopic (exact) mass is 225 g/mol. The quantitative estimate of drug-likeness (QED) is 0.593. The number of alkyl halides is 2. The first-order chi connectivity index (χ1) is 7.74. The van der Waals surface area contributed by atoms with Crippen molar-refractivity contribution in [3.05, 3.63) is 29.8 Å². The number of benzene rings is 1. The summed E-state index contributed by atoms with van der Waals surface area (Å²) >= 11 is 0. The molecule has 4 heteroatoms. The van der Waals surface area contributed by atoms with Crippen LogP contribution in [-0.2, 0) is 6.54 Å². The number of halogens is 2. The molecule has 0 heterocycles. The summed E-state index contributed by atoms with van der Waals surface area (Å²) in [5.41, 5.74) is 0.694. The molecule has 86 valence electrons. The van der Waals surface area contributed by atoms with Crippen molar-refractivity contribution in [1.82, 2.24) is 5.32 Å². The Balaban J connectivity index is 2.54. The van der Waals surface area contributed by atoms with Crippen molar-refractivity contribution in [3.63, 3.8) is 0 Å². The van der Waals surface area contributed by atoms with E-state index in [0.29, 0.717) is 25.1 Å². The third-order valence-electron chi connectivity index (χ3n) is 1.95. The molecule has 0 aliphatic heterocycles. The topological polar surface area (TPSA) is 21.3 Å². The number of terminal acetylenes is 1. The van der Waals surface area contributed by atoms with Gasteiger partial charge in [0, 0.05) is 25.1 Å². The Kier molecular flexibility index (Phi) is 5.30. The smallest absolute Gasteiger partial charge is 0.387 e. The summed E-state index contributed by atoms with van der Waals surface area (Å²) in [6, 6.07) is 6.68. The highest BCUT2D eigenvalue weighted by molar-refractivity contribution is 5.33. The van der Waals surface area contributed by atoms with Crippen LogP contribution in [0.5, 0.6) is 5.75 Å². The molecule has 2 nitrogen and oxygen atoms in total. The lowest BCUT2D eigenvalue weighted by molar-refractivity contribution is -0.0504. The molecular formula is C12H13F2NO. The zero-order chi connectivity index (χ0) is 11.8. The largest absolute Gasteiger partial charge is 0.434 e. The lowest BCUT2D eigenvalue weighted by atomic mass is 10.2. The number of hydrogen-bond donors (Lipinski definition) is 1. The van der Waals surface area contributed by atoms with Gasteiger partial charge in [-0.15, -0.1) is 12.3 Å². The van der Waals surface area contributed by atoms with E-state index in [1.54, 1.807) is 18.2 Å². The first-order valence-electron chi connectivity index (χ1n) is 4.91. The van der Waals surface area contributed by atoms with Crippen molar-refractivity contribution >= 4 is 0 Å². The number of rotatable bonds is 6. The summed E-state index contributed by atoms with van der Waals surface area (Å²) in [6.45, 7) is -1.68. The van der Waals surface area contributed by atoms with Crippen LogP contribution < -0.4 is 10.1 Å². The van der Waals surface area contributed by atoms with E-state index in [4.69, 9.17) is 6.42 Å². The lowest BCUT2D eigenvalue weighted by Crippen LogP contribution is -2.15. The minimum absolute atomic E-state index is 0.200. The molecule has 0 aliphatic carbocycles. The molecule has 1 aromatic rings. The summed E-state index contributed by atoms with van der Waals surface area (Å²) < 4.78 is 28.5. The fourth-order valence-corrected chi connectivity index (χ4v) is 1.24. The van der Waals surface area contributed by atoms with Gasteiger partial charge < -0.3 is 10.1 Å². The Bertz CT molecular complexity index is 360. The summed E-state index contributed by atoms with van der Waals surface area (Å²) in [7, 11) is 0. The average Bonchev–Trinajstić information content (AvgIpc) is 2.26. The standard InChI is InChI=1S/C12H13F2NO/c1-2-3-8-15-9-10-6-4-5-7-11(10)16-12(13)14/h1,4-7,12,15H,3,8-9H2. The Morgan fingerprint density at radius 3 is 2.81 bits per heavy atom. The van der Waals surface area contributed by atoms with E-state index < -0.39 is 6.61 Å². The van der Waals surface area contributed by atoms with Gasteiger partial charge in [0.25, 0.3) is 0 Å². The van der Waals surface area contributed by atoms with Gasteiger partial charge in [0.15, 0.2) is 0 Å². The normalized spacial score (nSPS) is 10.1. The highest BCUT2D eigenvalue weighted by atomic mass is 19.3. The van der Waals surface area contributed by atoms with Gasteiger partial charge in [-0.3, -0.25) is 0 Å². The molecule has 0 saturated carbocycles. The van der Waals surface area contributed by atoms with Crippen LogP contribution in [0, 0.1) is 12.3 Å². The van der Waals surface area contributed by atoms with Gasteiger partial charge in [0.2, 0.25) is 0 Å².